The summed E-state index contributed by atoms with van der Waals surface area (Å²) in [6.45, 7) is 5.81. The van der Waals surface area contributed by atoms with Crippen LogP contribution in [0.3, 0.4) is 0 Å². The molecule has 1 aliphatic carbocycles. The Kier molecular flexibility index (Phi) is 6.36. The molecule has 0 amide bonds. The molecule has 0 radical (unpaired) electrons. The normalized spacial score (nSPS) is 13.9. The fourth-order valence-corrected chi connectivity index (χ4v) is 3.99. The summed E-state index contributed by atoms with van der Waals surface area (Å²) in [6, 6.07) is 5.85. The van der Waals surface area contributed by atoms with Crippen LogP contribution in [0.5, 0.6) is 5.88 Å². The molecule has 0 aliphatic heterocycles. The minimum Gasteiger partial charge on any atom is -0.477 e. The molecule has 31 heavy (non-hydrogen) atoms. The Bertz CT molecular complexity index is 1210. The van der Waals surface area contributed by atoms with Crippen LogP contribution in [0.2, 0.25) is 0 Å². The molecule has 3 aromatic rings. The molecule has 4 rings (SSSR count). The van der Waals surface area contributed by atoms with Gasteiger partial charge in [0.25, 0.3) is 0 Å². The van der Waals surface area contributed by atoms with Gasteiger partial charge < -0.3 is 4.74 Å². The van der Waals surface area contributed by atoms with Crippen molar-refractivity contribution in [2.75, 3.05) is 13.3 Å². The Labute approximate surface area is 188 Å². The molecule has 162 valence electrons. The molecule has 1 aromatic carbocycles. The molecule has 1 saturated carbocycles. The van der Waals surface area contributed by atoms with Crippen molar-refractivity contribution >= 4 is 39.0 Å². The minimum atomic E-state index is -0.456. The van der Waals surface area contributed by atoms with E-state index in [4.69, 9.17) is 4.74 Å². The largest absolute Gasteiger partial charge is 0.477 e. The van der Waals surface area contributed by atoms with E-state index >= 15 is 0 Å². The molecule has 0 spiro atoms. The van der Waals surface area contributed by atoms with Gasteiger partial charge in [-0.2, -0.15) is 4.98 Å². The Hall–Kier alpha value is -2.74. The van der Waals surface area contributed by atoms with Crippen LogP contribution in [-0.2, 0) is 6.54 Å². The predicted octanol–water partition coefficient (Wildman–Crippen LogP) is 5.15. The van der Waals surface area contributed by atoms with Gasteiger partial charge in [-0.3, -0.25) is 13.5 Å². The van der Waals surface area contributed by atoms with Crippen molar-refractivity contribution in [1.82, 2.24) is 19.1 Å². The van der Waals surface area contributed by atoms with E-state index in [1.54, 1.807) is 10.6 Å². The summed E-state index contributed by atoms with van der Waals surface area (Å²) in [5, 5.41) is 0.743. The van der Waals surface area contributed by atoms with Crippen LogP contribution in [0.15, 0.2) is 40.1 Å². The van der Waals surface area contributed by atoms with Crippen molar-refractivity contribution in [3.05, 3.63) is 63.0 Å². The monoisotopic (exact) mass is 486 g/mol. The van der Waals surface area contributed by atoms with Gasteiger partial charge in [-0.25, -0.2) is 9.78 Å². The number of aromatic nitrogens is 4. The lowest BCUT2D eigenvalue weighted by atomic mass is 10.2. The third-order valence-electron chi connectivity index (χ3n) is 5.17. The van der Waals surface area contributed by atoms with Crippen molar-refractivity contribution in [1.29, 1.82) is 0 Å². The van der Waals surface area contributed by atoms with Crippen LogP contribution in [-0.4, -0.2) is 32.4 Å². The first-order valence-corrected chi connectivity index (χ1v) is 11.1. The van der Waals surface area contributed by atoms with Crippen molar-refractivity contribution in [2.24, 2.45) is 0 Å². The van der Waals surface area contributed by atoms with Gasteiger partial charge in [0.15, 0.2) is 5.82 Å². The van der Waals surface area contributed by atoms with Crippen LogP contribution >= 0.6 is 15.9 Å². The second-order valence-electron chi connectivity index (χ2n) is 7.44. The van der Waals surface area contributed by atoms with Gasteiger partial charge in [0.05, 0.1) is 42.1 Å². The highest BCUT2D eigenvalue weighted by atomic mass is 79.9. The molecule has 0 atom stereocenters. The van der Waals surface area contributed by atoms with Crippen molar-refractivity contribution in [3.8, 4) is 5.88 Å². The van der Waals surface area contributed by atoms with E-state index in [1.807, 2.05) is 41.8 Å². The maximum atomic E-state index is 13.3. The van der Waals surface area contributed by atoms with E-state index < -0.39 is 6.67 Å². The molecule has 0 bridgehead atoms. The maximum absolute atomic E-state index is 13.3. The number of fused-ring (bicyclic) bond motifs is 1. The highest BCUT2D eigenvalue weighted by Crippen LogP contribution is 2.36. The number of benzene rings is 1. The number of rotatable bonds is 9. The average Bonchev–Trinajstić information content (AvgIpc) is 3.54. The lowest BCUT2D eigenvalue weighted by Gasteiger charge is -2.11. The average molecular weight is 487 g/mol. The highest BCUT2D eigenvalue weighted by Gasteiger charge is 2.30. The highest BCUT2D eigenvalue weighted by molar-refractivity contribution is 9.10. The standard InChI is InChI=1S/C23H24BrFN4O2/c1-3-6-20-19(4-2)28(23(30)29(20)16-8-9-16)14-21-26-18-13-15(24)7-10-17(18)22(27-21)31-12-5-11-25/h3-4,6-7,10,13,16H,2,5,8-9,11-12,14H2,1H3/b6-3-. The Balaban J connectivity index is 1.80. The molecule has 6 nitrogen and oxygen atoms in total. The van der Waals surface area contributed by atoms with Crippen LogP contribution in [0.1, 0.15) is 49.4 Å². The first-order valence-electron chi connectivity index (χ1n) is 10.3. The van der Waals surface area contributed by atoms with E-state index in [1.165, 1.54) is 0 Å². The zero-order valence-corrected chi connectivity index (χ0v) is 18.9. The van der Waals surface area contributed by atoms with Gasteiger partial charge in [0, 0.05) is 16.9 Å². The first-order chi connectivity index (χ1) is 15.1. The van der Waals surface area contributed by atoms with Crippen LogP contribution in [0, 0.1) is 0 Å². The van der Waals surface area contributed by atoms with Gasteiger partial charge in [-0.15, -0.1) is 0 Å². The number of ether oxygens (including phenoxy) is 1. The Morgan fingerprint density at radius 1 is 1.32 bits per heavy atom. The molecular weight excluding hydrogens is 463 g/mol. The quantitative estimate of drug-likeness (QED) is 0.392. The van der Waals surface area contributed by atoms with E-state index in [0.29, 0.717) is 17.2 Å². The van der Waals surface area contributed by atoms with Gasteiger partial charge in [-0.1, -0.05) is 28.6 Å². The van der Waals surface area contributed by atoms with E-state index in [-0.39, 0.29) is 31.3 Å². The molecule has 0 unspecified atom stereocenters. The third-order valence-corrected chi connectivity index (χ3v) is 5.66. The lowest BCUT2D eigenvalue weighted by molar-refractivity contribution is 0.282. The van der Waals surface area contributed by atoms with Gasteiger partial charge in [0.1, 0.15) is 0 Å². The molecule has 0 saturated heterocycles. The van der Waals surface area contributed by atoms with Crippen LogP contribution < -0.4 is 10.4 Å². The molecule has 2 heterocycles. The molecule has 1 fully saturated rings. The number of nitrogens with zero attached hydrogens (tertiary/aromatic N) is 4. The van der Waals surface area contributed by atoms with Crippen molar-refractivity contribution in [2.45, 2.75) is 38.8 Å². The molecule has 2 aromatic heterocycles. The topological polar surface area (TPSA) is 61.9 Å². The predicted molar refractivity (Wildman–Crippen MR) is 124 cm³/mol. The number of halogens is 2. The Morgan fingerprint density at radius 3 is 2.81 bits per heavy atom. The fourth-order valence-electron chi connectivity index (χ4n) is 3.64. The smallest absolute Gasteiger partial charge is 0.329 e. The zero-order valence-electron chi connectivity index (χ0n) is 17.4. The Morgan fingerprint density at radius 2 is 2.13 bits per heavy atom. The van der Waals surface area contributed by atoms with E-state index in [2.05, 4.69) is 32.5 Å². The van der Waals surface area contributed by atoms with E-state index in [0.717, 1.165) is 34.1 Å². The number of imidazole rings is 1. The van der Waals surface area contributed by atoms with Gasteiger partial charge in [0.2, 0.25) is 5.88 Å². The van der Waals surface area contributed by atoms with Crippen LogP contribution in [0.25, 0.3) is 23.1 Å². The summed E-state index contributed by atoms with van der Waals surface area (Å²) < 4.78 is 22.7. The lowest BCUT2D eigenvalue weighted by Crippen LogP contribution is -2.25. The number of alkyl halides is 1. The summed E-state index contributed by atoms with van der Waals surface area (Å²) in [5.41, 5.74) is 2.20. The minimum absolute atomic E-state index is 0.0941. The summed E-state index contributed by atoms with van der Waals surface area (Å²) in [7, 11) is 0. The summed E-state index contributed by atoms with van der Waals surface area (Å²) in [5.74, 6) is 0.843. The first kappa shape index (κ1) is 21.5. The SMILES string of the molecule is C=Cc1c(/C=C\C)n(C2CC2)c(=O)n1Cc1nc(OCCCF)c2ccc(Br)cc2n1. The number of hydrogen-bond acceptors (Lipinski definition) is 4. The summed E-state index contributed by atoms with van der Waals surface area (Å²) in [6.07, 6.45) is 7.85. The second-order valence-corrected chi connectivity index (χ2v) is 8.36. The zero-order chi connectivity index (χ0) is 22.0. The fraction of sp³-hybridized carbons (Fsp3) is 0.348. The van der Waals surface area contributed by atoms with E-state index in [9.17, 15) is 9.18 Å². The molecular formula is C23H24BrFN4O2. The third kappa shape index (κ3) is 4.35. The number of allylic oxidation sites excluding steroid dienone is 1. The van der Waals surface area contributed by atoms with Gasteiger partial charge >= 0.3 is 5.69 Å². The molecule has 0 N–H and O–H groups in total. The van der Waals surface area contributed by atoms with Gasteiger partial charge in [-0.05, 0) is 50.1 Å². The number of hydrogen-bond donors (Lipinski definition) is 0. The summed E-state index contributed by atoms with van der Waals surface area (Å²) in [4.78, 5) is 22.5. The summed E-state index contributed by atoms with van der Waals surface area (Å²) >= 11 is 3.47. The molecule has 1 aliphatic rings. The van der Waals surface area contributed by atoms with Crippen molar-refractivity contribution in [3.63, 3.8) is 0 Å². The maximum Gasteiger partial charge on any atom is 0.329 e. The van der Waals surface area contributed by atoms with Crippen molar-refractivity contribution < 1.29 is 9.13 Å². The van der Waals surface area contributed by atoms with Crippen LogP contribution in [0.4, 0.5) is 4.39 Å². The second kappa shape index (κ2) is 9.18. The molecule has 8 heteroatoms.